The van der Waals surface area contributed by atoms with E-state index in [1.165, 1.54) is 0 Å². The van der Waals surface area contributed by atoms with Gasteiger partial charge < -0.3 is 29.6 Å². The Balaban J connectivity index is 0.000000411. The molecule has 0 bridgehead atoms. The van der Waals surface area contributed by atoms with Gasteiger partial charge >= 0.3 is 12.1 Å². The third-order valence-corrected chi connectivity index (χ3v) is 6.65. The zero-order valence-corrected chi connectivity index (χ0v) is 21.4. The molecule has 210 valence electrons. The van der Waals surface area contributed by atoms with Crippen molar-refractivity contribution in [3.05, 3.63) is 60.3 Å². The van der Waals surface area contributed by atoms with Gasteiger partial charge in [-0.15, -0.1) is 0 Å². The average molecular weight is 557 g/mol. The molecule has 10 nitrogen and oxygen atoms in total. The number of alkyl halides is 3. The normalized spacial score (nSPS) is 16.5. The van der Waals surface area contributed by atoms with Gasteiger partial charge in [-0.25, -0.2) is 14.8 Å². The minimum absolute atomic E-state index is 0.237. The molecule has 0 radical (unpaired) electrons. The number of rotatable bonds is 4. The summed E-state index contributed by atoms with van der Waals surface area (Å²) in [5.74, 6) is 0.0941. The standard InChI is InChI=1S/C25H26N6O2.C2HF3O2/c32-20-5-3-4-18(16-20)23-21-7-11-31(19-6-8-26-22(17-19)29-9-1-2-10-29)24(21)28-25(27-23)30-12-14-33-15-13-30;3-2(4,5)1(6)7/h1-6,8,16-17,32H,7,9-15H2;(H,6,7). The highest BCUT2D eigenvalue weighted by Gasteiger charge is 2.38. The lowest BCUT2D eigenvalue weighted by molar-refractivity contribution is -0.192. The van der Waals surface area contributed by atoms with Crippen LogP contribution in [0.15, 0.2) is 54.7 Å². The fraction of sp³-hybridized carbons (Fsp3) is 0.333. The van der Waals surface area contributed by atoms with Crippen LogP contribution in [0, 0.1) is 0 Å². The van der Waals surface area contributed by atoms with Crippen molar-refractivity contribution in [1.82, 2.24) is 15.0 Å². The number of halogens is 3. The summed E-state index contributed by atoms with van der Waals surface area (Å²) >= 11 is 0. The smallest absolute Gasteiger partial charge is 0.490 e. The number of morpholine rings is 1. The van der Waals surface area contributed by atoms with Crippen LogP contribution in [0.25, 0.3) is 11.3 Å². The number of carboxylic acids is 1. The van der Waals surface area contributed by atoms with Gasteiger partial charge in [-0.3, -0.25) is 0 Å². The first kappa shape index (κ1) is 27.2. The number of phenolic OH excluding ortho intramolecular Hbond substituents is 1. The Hall–Kier alpha value is -4.39. The minimum atomic E-state index is -5.08. The molecule has 40 heavy (non-hydrogen) atoms. The van der Waals surface area contributed by atoms with Crippen LogP contribution in [0.5, 0.6) is 5.75 Å². The molecule has 3 aliphatic rings. The zero-order valence-electron chi connectivity index (χ0n) is 21.4. The highest BCUT2D eigenvalue weighted by molar-refractivity contribution is 5.78. The van der Waals surface area contributed by atoms with Crippen LogP contribution in [0.4, 0.5) is 36.4 Å². The number of nitrogens with zero attached hydrogens (tertiary/aromatic N) is 6. The van der Waals surface area contributed by atoms with Crippen LogP contribution >= 0.6 is 0 Å². The first-order valence-electron chi connectivity index (χ1n) is 12.7. The second-order valence-electron chi connectivity index (χ2n) is 9.28. The van der Waals surface area contributed by atoms with E-state index < -0.39 is 12.1 Å². The second kappa shape index (κ2) is 11.4. The molecule has 2 N–H and O–H groups in total. The Labute approximate surface area is 228 Å². The molecule has 3 aromatic rings. The maximum Gasteiger partial charge on any atom is 0.490 e. The van der Waals surface area contributed by atoms with Crippen LogP contribution in [0.3, 0.4) is 0 Å². The van der Waals surface area contributed by atoms with E-state index >= 15 is 0 Å². The predicted molar refractivity (Wildman–Crippen MR) is 142 cm³/mol. The molecule has 3 aliphatic heterocycles. The van der Waals surface area contributed by atoms with Gasteiger partial charge in [0, 0.05) is 61.8 Å². The van der Waals surface area contributed by atoms with E-state index in [1.807, 2.05) is 24.4 Å². The molecule has 0 aliphatic carbocycles. The van der Waals surface area contributed by atoms with Crippen LogP contribution in [0.1, 0.15) is 5.56 Å². The van der Waals surface area contributed by atoms with Gasteiger partial charge in [0.05, 0.1) is 18.9 Å². The SMILES string of the molecule is O=C(O)C(F)(F)F.Oc1cccc(-c2nc(N3CCOCC3)nc3c2CCN3c2ccnc(N3CC=CC3)c2)c1. The van der Waals surface area contributed by atoms with Gasteiger partial charge in [0.1, 0.15) is 17.4 Å². The summed E-state index contributed by atoms with van der Waals surface area (Å²) in [7, 11) is 0. The van der Waals surface area contributed by atoms with E-state index in [2.05, 4.69) is 37.9 Å². The summed E-state index contributed by atoms with van der Waals surface area (Å²) < 4.78 is 37.3. The van der Waals surface area contributed by atoms with Gasteiger partial charge in [0.15, 0.2) is 0 Å². The molecule has 0 saturated carbocycles. The number of phenols is 1. The van der Waals surface area contributed by atoms with Crippen molar-refractivity contribution < 1.29 is 32.9 Å². The third-order valence-electron chi connectivity index (χ3n) is 6.65. The van der Waals surface area contributed by atoms with E-state index in [0.717, 1.165) is 73.3 Å². The van der Waals surface area contributed by atoms with Crippen molar-refractivity contribution in [2.45, 2.75) is 12.6 Å². The van der Waals surface area contributed by atoms with E-state index in [9.17, 15) is 18.3 Å². The van der Waals surface area contributed by atoms with Crippen molar-refractivity contribution in [2.75, 3.05) is 60.6 Å². The molecular weight excluding hydrogens is 529 g/mol. The number of aromatic hydroxyl groups is 1. The van der Waals surface area contributed by atoms with Gasteiger partial charge in [0.2, 0.25) is 5.95 Å². The number of carboxylic acid groups (broad SMARTS) is 1. The zero-order chi connectivity index (χ0) is 28.3. The monoisotopic (exact) mass is 556 g/mol. The van der Waals surface area contributed by atoms with Gasteiger partial charge in [-0.2, -0.15) is 18.2 Å². The van der Waals surface area contributed by atoms with Crippen LogP contribution in [-0.2, 0) is 16.0 Å². The van der Waals surface area contributed by atoms with Crippen LogP contribution in [-0.4, -0.2) is 83.2 Å². The predicted octanol–water partition coefficient (Wildman–Crippen LogP) is 3.78. The van der Waals surface area contributed by atoms with Gasteiger partial charge in [0.25, 0.3) is 0 Å². The molecule has 1 fully saturated rings. The van der Waals surface area contributed by atoms with Crippen molar-refractivity contribution in [1.29, 1.82) is 0 Å². The number of hydrogen-bond donors (Lipinski definition) is 2. The van der Waals surface area contributed by atoms with E-state index in [-0.39, 0.29) is 5.75 Å². The molecule has 13 heteroatoms. The number of ether oxygens (including phenoxy) is 1. The maximum atomic E-state index is 10.6. The topological polar surface area (TPSA) is 115 Å². The molecule has 2 aromatic heterocycles. The Morgan fingerprint density at radius 3 is 2.38 bits per heavy atom. The number of carbonyl (C=O) groups is 1. The van der Waals surface area contributed by atoms with E-state index in [4.69, 9.17) is 24.6 Å². The third kappa shape index (κ3) is 5.93. The summed E-state index contributed by atoms with van der Waals surface area (Å²) in [6.07, 6.45) is 1.97. The number of fused-ring (bicyclic) bond motifs is 1. The number of anilines is 4. The molecule has 0 spiro atoms. The van der Waals surface area contributed by atoms with E-state index in [0.29, 0.717) is 19.2 Å². The minimum Gasteiger partial charge on any atom is -0.508 e. The van der Waals surface area contributed by atoms with Crippen molar-refractivity contribution >= 4 is 29.2 Å². The fourth-order valence-corrected chi connectivity index (χ4v) is 4.71. The Morgan fingerprint density at radius 2 is 1.70 bits per heavy atom. The van der Waals surface area contributed by atoms with Gasteiger partial charge in [-0.05, 0) is 24.6 Å². The molecule has 0 unspecified atom stereocenters. The number of benzene rings is 1. The number of aromatic nitrogens is 3. The summed E-state index contributed by atoms with van der Waals surface area (Å²) in [5, 5.41) is 17.2. The molecule has 0 atom stereocenters. The lowest BCUT2D eigenvalue weighted by atomic mass is 10.1. The Bertz CT molecular complexity index is 1400. The van der Waals surface area contributed by atoms with Crippen LogP contribution < -0.4 is 14.7 Å². The second-order valence-corrected chi connectivity index (χ2v) is 9.28. The lowest BCUT2D eigenvalue weighted by Crippen LogP contribution is -2.37. The van der Waals surface area contributed by atoms with Crippen molar-refractivity contribution in [3.8, 4) is 17.0 Å². The quantitative estimate of drug-likeness (QED) is 0.460. The van der Waals surface area contributed by atoms with Crippen molar-refractivity contribution in [2.24, 2.45) is 0 Å². The fourth-order valence-electron chi connectivity index (χ4n) is 4.71. The van der Waals surface area contributed by atoms with Crippen LogP contribution in [0.2, 0.25) is 0 Å². The average Bonchev–Trinajstić information content (AvgIpc) is 3.64. The number of hydrogen-bond acceptors (Lipinski definition) is 9. The first-order valence-corrected chi connectivity index (χ1v) is 12.7. The molecular formula is C27H27F3N6O4. The molecule has 6 rings (SSSR count). The van der Waals surface area contributed by atoms with E-state index in [1.54, 1.807) is 12.1 Å². The summed E-state index contributed by atoms with van der Waals surface area (Å²) in [4.78, 5) is 30.2. The summed E-state index contributed by atoms with van der Waals surface area (Å²) in [6.45, 7) is 5.46. The Kier molecular flexibility index (Phi) is 7.74. The Morgan fingerprint density at radius 1 is 0.975 bits per heavy atom. The molecule has 0 amide bonds. The maximum absolute atomic E-state index is 10.6. The lowest BCUT2D eigenvalue weighted by Gasteiger charge is -2.28. The number of aliphatic carboxylic acids is 1. The highest BCUT2D eigenvalue weighted by Crippen LogP contribution is 2.40. The molecule has 1 saturated heterocycles. The number of pyridine rings is 1. The van der Waals surface area contributed by atoms with Gasteiger partial charge in [-0.1, -0.05) is 24.3 Å². The first-order chi connectivity index (χ1) is 19.2. The molecule has 1 aromatic carbocycles. The summed E-state index contributed by atoms with van der Waals surface area (Å²) in [5.41, 5.74) is 3.99. The highest BCUT2D eigenvalue weighted by atomic mass is 19.4. The molecule has 5 heterocycles. The largest absolute Gasteiger partial charge is 0.508 e. The summed E-state index contributed by atoms with van der Waals surface area (Å²) in [6, 6.07) is 11.5. The van der Waals surface area contributed by atoms with Crippen molar-refractivity contribution in [3.63, 3.8) is 0 Å².